The van der Waals surface area contributed by atoms with Gasteiger partial charge >= 0.3 is 0 Å². The Labute approximate surface area is 155 Å². The van der Waals surface area contributed by atoms with E-state index in [1.54, 1.807) is 17.7 Å². The van der Waals surface area contributed by atoms with Crippen LogP contribution >= 0.6 is 22.9 Å². The van der Waals surface area contributed by atoms with E-state index in [-0.39, 0.29) is 5.41 Å². The zero-order valence-corrected chi connectivity index (χ0v) is 15.9. The third-order valence-corrected chi connectivity index (χ3v) is 6.90. The van der Waals surface area contributed by atoms with E-state index in [1.165, 1.54) is 16.5 Å². The molecule has 5 rings (SSSR count). The normalized spacial score (nSPS) is 19.7. The fourth-order valence-electron chi connectivity index (χ4n) is 4.18. The van der Waals surface area contributed by atoms with E-state index in [4.69, 9.17) is 21.3 Å². The molecule has 5 nitrogen and oxygen atoms in total. The Bertz CT molecular complexity index is 994. The average Bonchev–Trinajstić information content (AvgIpc) is 3.13. The largest absolute Gasteiger partial charge is 0.378 e. The van der Waals surface area contributed by atoms with Gasteiger partial charge in [0, 0.05) is 18.5 Å². The second-order valence-corrected chi connectivity index (χ2v) is 8.75. The van der Waals surface area contributed by atoms with Crippen molar-refractivity contribution in [2.24, 2.45) is 0 Å². The van der Waals surface area contributed by atoms with Crippen molar-refractivity contribution < 1.29 is 4.74 Å². The van der Waals surface area contributed by atoms with Gasteiger partial charge in [-0.25, -0.2) is 15.0 Å². The van der Waals surface area contributed by atoms with Crippen molar-refractivity contribution in [3.63, 3.8) is 0 Å². The van der Waals surface area contributed by atoms with E-state index in [0.717, 1.165) is 60.0 Å². The van der Waals surface area contributed by atoms with Crippen LogP contribution in [0.3, 0.4) is 0 Å². The van der Waals surface area contributed by atoms with Crippen molar-refractivity contribution in [3.05, 3.63) is 22.6 Å². The van der Waals surface area contributed by atoms with Crippen molar-refractivity contribution in [2.45, 2.75) is 32.1 Å². The molecule has 3 aromatic heterocycles. The summed E-state index contributed by atoms with van der Waals surface area (Å²) in [6, 6.07) is 0. The van der Waals surface area contributed by atoms with Gasteiger partial charge < -0.3 is 9.64 Å². The number of nitrogens with zero attached hydrogens (tertiary/aromatic N) is 4. The molecule has 1 aliphatic carbocycles. The molecule has 25 heavy (non-hydrogen) atoms. The maximum absolute atomic E-state index is 6.34. The van der Waals surface area contributed by atoms with Crippen molar-refractivity contribution in [3.8, 4) is 0 Å². The van der Waals surface area contributed by atoms with Gasteiger partial charge in [0.15, 0.2) is 0 Å². The van der Waals surface area contributed by atoms with Gasteiger partial charge in [-0.3, -0.25) is 0 Å². The fraction of sp³-hybridized carbons (Fsp3) is 0.500. The molecule has 3 aromatic rings. The van der Waals surface area contributed by atoms with Crippen LogP contribution in [0.25, 0.3) is 20.4 Å². The van der Waals surface area contributed by atoms with E-state index in [9.17, 15) is 0 Å². The molecular formula is C18H19ClN4OS. The lowest BCUT2D eigenvalue weighted by molar-refractivity contribution is 0.122. The predicted octanol–water partition coefficient (Wildman–Crippen LogP) is 3.95. The Morgan fingerprint density at radius 3 is 2.84 bits per heavy atom. The molecule has 0 unspecified atom stereocenters. The quantitative estimate of drug-likeness (QED) is 0.603. The number of ether oxygens (including phenoxy) is 1. The molecule has 0 amide bonds. The Balaban J connectivity index is 1.87. The monoisotopic (exact) mass is 374 g/mol. The number of hydrogen-bond acceptors (Lipinski definition) is 6. The SMILES string of the molecule is CC1(C)CCc2c(N3CCOCC3)nc3sc4c(Cl)ncnc4c3c21. The van der Waals surface area contributed by atoms with E-state index in [1.807, 2.05) is 0 Å². The molecule has 0 spiro atoms. The minimum Gasteiger partial charge on any atom is -0.378 e. The number of halogens is 1. The lowest BCUT2D eigenvalue weighted by Crippen LogP contribution is -2.37. The molecule has 4 heterocycles. The Morgan fingerprint density at radius 1 is 1.24 bits per heavy atom. The number of fused-ring (bicyclic) bond motifs is 5. The Kier molecular flexibility index (Phi) is 3.46. The first-order valence-corrected chi connectivity index (χ1v) is 9.84. The summed E-state index contributed by atoms with van der Waals surface area (Å²) in [4.78, 5) is 17.2. The van der Waals surface area contributed by atoms with Crippen molar-refractivity contribution >= 4 is 49.2 Å². The molecule has 0 radical (unpaired) electrons. The molecule has 7 heteroatoms. The lowest BCUT2D eigenvalue weighted by Gasteiger charge is -2.30. The highest BCUT2D eigenvalue weighted by Crippen LogP contribution is 2.49. The zero-order chi connectivity index (χ0) is 17.2. The van der Waals surface area contributed by atoms with E-state index >= 15 is 0 Å². The average molecular weight is 375 g/mol. The first kappa shape index (κ1) is 15.7. The molecule has 0 atom stereocenters. The van der Waals surface area contributed by atoms with Gasteiger partial charge in [0.1, 0.15) is 22.1 Å². The highest BCUT2D eigenvalue weighted by molar-refractivity contribution is 7.26. The first-order chi connectivity index (χ1) is 12.1. The molecule has 0 aromatic carbocycles. The van der Waals surface area contributed by atoms with Crippen LogP contribution in [0.4, 0.5) is 5.82 Å². The molecule has 0 N–H and O–H groups in total. The maximum atomic E-state index is 6.34. The Morgan fingerprint density at radius 2 is 2.04 bits per heavy atom. The summed E-state index contributed by atoms with van der Waals surface area (Å²) in [5.41, 5.74) is 3.85. The van der Waals surface area contributed by atoms with Gasteiger partial charge in [0.25, 0.3) is 0 Å². The molecule has 0 saturated carbocycles. The fourth-order valence-corrected chi connectivity index (χ4v) is 5.45. The van der Waals surface area contributed by atoms with Crippen LogP contribution in [-0.2, 0) is 16.6 Å². The number of hydrogen-bond donors (Lipinski definition) is 0. The van der Waals surface area contributed by atoms with Gasteiger partial charge in [-0.15, -0.1) is 11.3 Å². The highest BCUT2D eigenvalue weighted by atomic mass is 35.5. The summed E-state index contributed by atoms with van der Waals surface area (Å²) in [5, 5.41) is 1.70. The van der Waals surface area contributed by atoms with E-state index < -0.39 is 0 Å². The third-order valence-electron chi connectivity index (χ3n) is 5.43. The second kappa shape index (κ2) is 5.50. The maximum Gasteiger partial charge on any atom is 0.150 e. The first-order valence-electron chi connectivity index (χ1n) is 8.65. The number of morpholine rings is 1. The van der Waals surface area contributed by atoms with Gasteiger partial charge in [0.05, 0.1) is 23.4 Å². The van der Waals surface area contributed by atoms with Crippen LogP contribution in [0.2, 0.25) is 5.15 Å². The van der Waals surface area contributed by atoms with Gasteiger partial charge in [-0.05, 0) is 29.4 Å². The van der Waals surface area contributed by atoms with Crippen LogP contribution < -0.4 is 4.90 Å². The zero-order valence-electron chi connectivity index (χ0n) is 14.3. The van der Waals surface area contributed by atoms with Crippen molar-refractivity contribution in [2.75, 3.05) is 31.2 Å². The summed E-state index contributed by atoms with van der Waals surface area (Å²) in [6.07, 6.45) is 3.76. The number of rotatable bonds is 1. The topological polar surface area (TPSA) is 51.1 Å². The summed E-state index contributed by atoms with van der Waals surface area (Å²) >= 11 is 7.95. The number of anilines is 1. The highest BCUT2D eigenvalue weighted by Gasteiger charge is 2.37. The minimum absolute atomic E-state index is 0.114. The smallest absolute Gasteiger partial charge is 0.150 e. The van der Waals surface area contributed by atoms with Crippen LogP contribution in [0, 0.1) is 0 Å². The molecule has 1 saturated heterocycles. The summed E-state index contributed by atoms with van der Waals surface area (Å²) < 4.78 is 6.47. The van der Waals surface area contributed by atoms with Crippen LogP contribution in [-0.4, -0.2) is 41.3 Å². The van der Waals surface area contributed by atoms with Crippen LogP contribution in [0.15, 0.2) is 6.33 Å². The number of aromatic nitrogens is 3. The third kappa shape index (κ3) is 2.27. The Hall–Kier alpha value is -1.50. The summed E-state index contributed by atoms with van der Waals surface area (Å²) in [6.45, 7) is 7.98. The van der Waals surface area contributed by atoms with Crippen molar-refractivity contribution in [1.29, 1.82) is 0 Å². The standard InChI is InChI=1S/C18H19ClN4OS/c1-18(2)4-3-10-12(18)11-13-14(15(19)21-9-20-13)25-17(11)22-16(10)23-5-7-24-8-6-23/h9H,3-8H2,1-2H3. The molecule has 2 aliphatic rings. The van der Waals surface area contributed by atoms with Gasteiger partial charge in [-0.1, -0.05) is 25.4 Å². The number of pyridine rings is 1. The van der Waals surface area contributed by atoms with E-state index in [2.05, 4.69) is 28.7 Å². The minimum atomic E-state index is 0.114. The summed E-state index contributed by atoms with van der Waals surface area (Å²) in [5.74, 6) is 1.13. The lowest BCUT2D eigenvalue weighted by atomic mass is 9.85. The molecule has 1 fully saturated rings. The summed E-state index contributed by atoms with van der Waals surface area (Å²) in [7, 11) is 0. The van der Waals surface area contributed by atoms with E-state index in [0.29, 0.717) is 5.15 Å². The van der Waals surface area contributed by atoms with Gasteiger partial charge in [-0.2, -0.15) is 0 Å². The van der Waals surface area contributed by atoms with Crippen molar-refractivity contribution in [1.82, 2.24) is 15.0 Å². The molecule has 130 valence electrons. The molecule has 0 bridgehead atoms. The predicted molar refractivity (Wildman–Crippen MR) is 102 cm³/mol. The molecular weight excluding hydrogens is 356 g/mol. The second-order valence-electron chi connectivity index (χ2n) is 7.40. The van der Waals surface area contributed by atoms with Gasteiger partial charge in [0.2, 0.25) is 0 Å². The van der Waals surface area contributed by atoms with Crippen LogP contribution in [0.5, 0.6) is 0 Å². The molecule has 1 aliphatic heterocycles. The van der Waals surface area contributed by atoms with Crippen LogP contribution in [0.1, 0.15) is 31.4 Å². The number of thiophene rings is 1.